The Hall–Kier alpha value is -2.86. The van der Waals surface area contributed by atoms with E-state index in [4.69, 9.17) is 9.15 Å². The summed E-state index contributed by atoms with van der Waals surface area (Å²) in [6.45, 7) is 3.28. The van der Waals surface area contributed by atoms with Crippen LogP contribution in [0.4, 0.5) is 0 Å². The highest BCUT2D eigenvalue weighted by Crippen LogP contribution is 2.36. The highest BCUT2D eigenvalue weighted by Gasteiger charge is 2.34. The standard InChI is InChI=1S/C22H22N2O4/c1-27-17-5-6-18-15(8-22(26)28-20(18)9-17)12-23-10-14-7-16(13-23)19-3-2-4-21(25)24(19)11-14/h2-6,8-9,14,16H,7,10-13H2,1H3. The number of methoxy groups -OCH3 is 1. The molecule has 0 amide bonds. The third-order valence-corrected chi connectivity index (χ3v) is 5.99. The van der Waals surface area contributed by atoms with Crippen LogP contribution in [0, 0.1) is 5.92 Å². The number of piperidine rings is 1. The maximum atomic E-state index is 12.2. The number of rotatable bonds is 3. The fourth-order valence-electron chi connectivity index (χ4n) is 4.83. The van der Waals surface area contributed by atoms with E-state index in [1.807, 2.05) is 22.8 Å². The van der Waals surface area contributed by atoms with Gasteiger partial charge in [-0.1, -0.05) is 6.07 Å². The quantitative estimate of drug-likeness (QED) is 0.656. The van der Waals surface area contributed by atoms with Crippen LogP contribution in [0.5, 0.6) is 5.75 Å². The van der Waals surface area contributed by atoms with E-state index in [9.17, 15) is 9.59 Å². The van der Waals surface area contributed by atoms with E-state index >= 15 is 0 Å². The lowest BCUT2D eigenvalue weighted by atomic mass is 9.83. The van der Waals surface area contributed by atoms with E-state index < -0.39 is 0 Å². The van der Waals surface area contributed by atoms with Crippen molar-refractivity contribution in [3.63, 3.8) is 0 Å². The van der Waals surface area contributed by atoms with Gasteiger partial charge in [0, 0.05) is 61.4 Å². The minimum Gasteiger partial charge on any atom is -0.497 e. The Bertz CT molecular complexity index is 1160. The van der Waals surface area contributed by atoms with E-state index in [-0.39, 0.29) is 11.2 Å². The molecule has 1 saturated heterocycles. The summed E-state index contributed by atoms with van der Waals surface area (Å²) < 4.78 is 12.6. The predicted molar refractivity (Wildman–Crippen MR) is 106 cm³/mol. The molecule has 4 heterocycles. The fraction of sp³-hybridized carbons (Fsp3) is 0.364. The first-order valence-corrected chi connectivity index (χ1v) is 9.63. The smallest absolute Gasteiger partial charge is 0.336 e. The number of hydrogen-bond acceptors (Lipinski definition) is 5. The Balaban J connectivity index is 1.47. The minimum atomic E-state index is -0.343. The topological polar surface area (TPSA) is 64.7 Å². The number of benzene rings is 1. The van der Waals surface area contributed by atoms with Gasteiger partial charge in [0.25, 0.3) is 5.56 Å². The van der Waals surface area contributed by atoms with Gasteiger partial charge in [0.15, 0.2) is 0 Å². The van der Waals surface area contributed by atoms with E-state index in [0.29, 0.717) is 29.7 Å². The van der Waals surface area contributed by atoms with Crippen molar-refractivity contribution in [2.75, 3.05) is 20.2 Å². The first-order chi connectivity index (χ1) is 13.6. The van der Waals surface area contributed by atoms with Crippen LogP contribution >= 0.6 is 0 Å². The summed E-state index contributed by atoms with van der Waals surface area (Å²) in [5.74, 6) is 1.48. The highest BCUT2D eigenvalue weighted by atomic mass is 16.5. The molecule has 3 aromatic rings. The lowest BCUT2D eigenvalue weighted by molar-refractivity contribution is 0.114. The molecule has 2 atom stereocenters. The summed E-state index contributed by atoms with van der Waals surface area (Å²) in [5, 5.41) is 0.938. The van der Waals surface area contributed by atoms with Crippen molar-refractivity contribution in [2.45, 2.75) is 25.4 Å². The zero-order valence-electron chi connectivity index (χ0n) is 15.8. The van der Waals surface area contributed by atoms with Crippen LogP contribution in [-0.4, -0.2) is 29.7 Å². The van der Waals surface area contributed by atoms with Crippen molar-refractivity contribution >= 4 is 11.0 Å². The van der Waals surface area contributed by atoms with E-state index in [1.165, 1.54) is 0 Å². The van der Waals surface area contributed by atoms with Gasteiger partial charge in [0.2, 0.25) is 0 Å². The van der Waals surface area contributed by atoms with Crippen molar-refractivity contribution in [1.82, 2.24) is 9.47 Å². The molecule has 0 radical (unpaired) electrons. The summed E-state index contributed by atoms with van der Waals surface area (Å²) in [7, 11) is 1.60. The number of nitrogens with zero attached hydrogens (tertiary/aromatic N) is 2. The van der Waals surface area contributed by atoms with Gasteiger partial charge in [0.05, 0.1) is 7.11 Å². The van der Waals surface area contributed by atoms with Crippen LogP contribution < -0.4 is 15.9 Å². The van der Waals surface area contributed by atoms with Crippen LogP contribution in [0.25, 0.3) is 11.0 Å². The van der Waals surface area contributed by atoms with Crippen molar-refractivity contribution in [2.24, 2.45) is 5.92 Å². The Labute approximate surface area is 162 Å². The van der Waals surface area contributed by atoms with Crippen molar-refractivity contribution in [3.05, 3.63) is 74.5 Å². The summed E-state index contributed by atoms with van der Waals surface area (Å²) in [5.41, 5.74) is 2.41. The maximum Gasteiger partial charge on any atom is 0.336 e. The van der Waals surface area contributed by atoms with Gasteiger partial charge in [-0.25, -0.2) is 4.79 Å². The van der Waals surface area contributed by atoms with Crippen molar-refractivity contribution < 1.29 is 9.15 Å². The maximum absolute atomic E-state index is 12.2. The van der Waals surface area contributed by atoms with Crippen LogP contribution in [0.3, 0.4) is 0 Å². The second kappa shape index (κ2) is 6.63. The second-order valence-corrected chi connectivity index (χ2v) is 7.84. The third kappa shape index (κ3) is 2.94. The van der Waals surface area contributed by atoms with Crippen LogP contribution in [0.2, 0.25) is 0 Å². The Kier molecular flexibility index (Phi) is 4.09. The molecule has 28 heavy (non-hydrogen) atoms. The molecule has 2 aromatic heterocycles. The average Bonchev–Trinajstić information content (AvgIpc) is 2.68. The molecule has 6 nitrogen and oxygen atoms in total. The molecule has 2 unspecified atom stereocenters. The lowest BCUT2D eigenvalue weighted by Gasteiger charge is -2.42. The molecule has 5 rings (SSSR count). The number of likely N-dealkylation sites (tertiary alicyclic amines) is 1. The van der Waals surface area contributed by atoms with Gasteiger partial charge in [-0.2, -0.15) is 0 Å². The predicted octanol–water partition coefficient (Wildman–Crippen LogP) is 2.58. The van der Waals surface area contributed by atoms with Crippen molar-refractivity contribution in [3.8, 4) is 5.75 Å². The first-order valence-electron chi connectivity index (χ1n) is 9.63. The molecule has 1 aromatic carbocycles. The molecular formula is C22H22N2O4. The summed E-state index contributed by atoms with van der Waals surface area (Å²) in [6, 6.07) is 12.8. The van der Waals surface area contributed by atoms with Crippen LogP contribution in [0.15, 0.2) is 56.5 Å². The molecule has 0 spiro atoms. The van der Waals surface area contributed by atoms with Crippen LogP contribution in [0.1, 0.15) is 23.6 Å². The molecule has 0 aliphatic carbocycles. The number of pyridine rings is 1. The number of hydrogen-bond donors (Lipinski definition) is 0. The second-order valence-electron chi connectivity index (χ2n) is 7.84. The molecule has 6 heteroatoms. The fourth-order valence-corrected chi connectivity index (χ4v) is 4.83. The number of ether oxygens (including phenoxy) is 1. The van der Waals surface area contributed by atoms with Gasteiger partial charge in [-0.3, -0.25) is 9.69 Å². The lowest BCUT2D eigenvalue weighted by Crippen LogP contribution is -2.46. The van der Waals surface area contributed by atoms with E-state index in [1.54, 1.807) is 25.3 Å². The third-order valence-electron chi connectivity index (χ3n) is 5.99. The molecule has 1 fully saturated rings. The molecule has 2 bridgehead atoms. The van der Waals surface area contributed by atoms with Gasteiger partial charge < -0.3 is 13.7 Å². The summed E-state index contributed by atoms with van der Waals surface area (Å²) in [6.07, 6.45) is 1.12. The van der Waals surface area contributed by atoms with Gasteiger partial charge >= 0.3 is 5.63 Å². The molecule has 2 aliphatic heterocycles. The normalized spacial score (nSPS) is 21.5. The average molecular weight is 378 g/mol. The van der Waals surface area contributed by atoms with Gasteiger partial charge in [0.1, 0.15) is 11.3 Å². The Morgan fingerprint density at radius 2 is 2.00 bits per heavy atom. The summed E-state index contributed by atoms with van der Waals surface area (Å²) in [4.78, 5) is 26.7. The van der Waals surface area contributed by atoms with Gasteiger partial charge in [-0.05, 0) is 36.1 Å². The monoisotopic (exact) mass is 378 g/mol. The molecule has 0 saturated carbocycles. The van der Waals surface area contributed by atoms with Crippen molar-refractivity contribution in [1.29, 1.82) is 0 Å². The molecule has 0 N–H and O–H groups in total. The van der Waals surface area contributed by atoms with Crippen LogP contribution in [-0.2, 0) is 13.1 Å². The SMILES string of the molecule is COc1ccc2c(CN3CC4CC(C3)c3cccc(=O)n3C4)cc(=O)oc2c1. The Morgan fingerprint density at radius 1 is 1.11 bits per heavy atom. The van der Waals surface area contributed by atoms with E-state index in [0.717, 1.165) is 42.7 Å². The first kappa shape index (κ1) is 17.3. The molecule has 144 valence electrons. The number of aromatic nitrogens is 1. The summed E-state index contributed by atoms with van der Waals surface area (Å²) >= 11 is 0. The Morgan fingerprint density at radius 3 is 2.86 bits per heavy atom. The minimum absolute atomic E-state index is 0.0984. The van der Waals surface area contributed by atoms with E-state index in [2.05, 4.69) is 11.0 Å². The largest absolute Gasteiger partial charge is 0.497 e. The molecule has 2 aliphatic rings. The van der Waals surface area contributed by atoms with Gasteiger partial charge in [-0.15, -0.1) is 0 Å². The highest BCUT2D eigenvalue weighted by molar-refractivity contribution is 5.81. The number of fused-ring (bicyclic) bond motifs is 5. The molecular weight excluding hydrogens is 356 g/mol. The zero-order chi connectivity index (χ0) is 19.3. The zero-order valence-corrected chi connectivity index (χ0v) is 15.8.